The van der Waals surface area contributed by atoms with E-state index >= 15 is 0 Å². The number of nitrogens with zero attached hydrogens (tertiary/aromatic N) is 1. The van der Waals surface area contributed by atoms with Gasteiger partial charge in [-0.25, -0.2) is 13.2 Å². The van der Waals surface area contributed by atoms with Crippen LogP contribution in [0, 0.1) is 6.92 Å². The lowest BCUT2D eigenvalue weighted by atomic mass is 10.1. The second-order valence-electron chi connectivity index (χ2n) is 6.53. The first-order valence-corrected chi connectivity index (χ1v) is 10.7. The van der Waals surface area contributed by atoms with Crippen LogP contribution in [0.3, 0.4) is 0 Å². The summed E-state index contributed by atoms with van der Waals surface area (Å²) in [5.41, 5.74) is 1.29. The zero-order valence-electron chi connectivity index (χ0n) is 16.4. The fourth-order valence-electron chi connectivity index (χ4n) is 3.07. The topological polar surface area (TPSA) is 96.7 Å². The fraction of sp³-hybridized carbons (Fsp3) is 0.238. The molecule has 0 aliphatic carbocycles. The number of carbonyl (C=O) groups is 1. The molecule has 0 saturated heterocycles. The van der Waals surface area contributed by atoms with Gasteiger partial charge >= 0.3 is 5.63 Å². The van der Waals surface area contributed by atoms with E-state index in [1.807, 2.05) is 0 Å². The molecule has 1 aromatic heterocycles. The minimum absolute atomic E-state index is 0.120. The van der Waals surface area contributed by atoms with Crippen LogP contribution in [0.25, 0.3) is 11.0 Å². The van der Waals surface area contributed by atoms with Gasteiger partial charge in [-0.15, -0.1) is 0 Å². The molecule has 1 heterocycles. The molecule has 0 radical (unpaired) electrons. The minimum Gasteiger partial charge on any atom is -0.423 e. The Morgan fingerprint density at radius 3 is 2.45 bits per heavy atom. The van der Waals surface area contributed by atoms with Crippen LogP contribution < -0.4 is 10.9 Å². The highest BCUT2D eigenvalue weighted by Gasteiger charge is 2.24. The molecule has 0 unspecified atom stereocenters. The van der Waals surface area contributed by atoms with Gasteiger partial charge in [0.25, 0.3) is 5.91 Å². The van der Waals surface area contributed by atoms with Crippen molar-refractivity contribution < 1.29 is 17.6 Å². The molecule has 0 aliphatic heterocycles. The Morgan fingerprint density at radius 1 is 1.03 bits per heavy atom. The van der Waals surface area contributed by atoms with Crippen LogP contribution in [-0.2, 0) is 10.0 Å². The van der Waals surface area contributed by atoms with Crippen LogP contribution >= 0.6 is 0 Å². The first kappa shape index (κ1) is 20.8. The highest BCUT2D eigenvalue weighted by atomic mass is 32.2. The van der Waals surface area contributed by atoms with Crippen molar-refractivity contribution in [1.29, 1.82) is 0 Å². The molecule has 1 amide bonds. The third kappa shape index (κ3) is 4.23. The molecule has 3 rings (SSSR count). The van der Waals surface area contributed by atoms with Crippen molar-refractivity contribution in [2.24, 2.45) is 0 Å². The molecular weight excluding hydrogens is 392 g/mol. The van der Waals surface area contributed by atoms with E-state index in [4.69, 9.17) is 4.42 Å². The van der Waals surface area contributed by atoms with Gasteiger partial charge in [0.2, 0.25) is 10.0 Å². The third-order valence-electron chi connectivity index (χ3n) is 4.65. The first-order valence-electron chi connectivity index (χ1n) is 9.22. The molecule has 0 fully saturated rings. The third-order valence-corrected chi connectivity index (χ3v) is 6.84. The maximum absolute atomic E-state index is 12.9. The summed E-state index contributed by atoms with van der Waals surface area (Å²) in [5.74, 6) is -0.433. The number of sulfonamides is 1. The Bertz CT molecular complexity index is 1230. The van der Waals surface area contributed by atoms with Gasteiger partial charge in [-0.1, -0.05) is 19.9 Å². The molecule has 2 aromatic carbocycles. The number of amides is 1. The van der Waals surface area contributed by atoms with Gasteiger partial charge in [-0.2, -0.15) is 4.31 Å². The van der Waals surface area contributed by atoms with Gasteiger partial charge in [0.1, 0.15) is 5.58 Å². The molecular formula is C21H22N2O5S. The summed E-state index contributed by atoms with van der Waals surface area (Å²) in [6.07, 6.45) is 0. The molecule has 0 bridgehead atoms. The van der Waals surface area contributed by atoms with Crippen molar-refractivity contribution in [3.63, 3.8) is 0 Å². The zero-order valence-corrected chi connectivity index (χ0v) is 17.2. The van der Waals surface area contributed by atoms with E-state index in [0.717, 1.165) is 0 Å². The monoisotopic (exact) mass is 414 g/mol. The lowest BCUT2D eigenvalue weighted by Gasteiger charge is -2.20. The zero-order chi connectivity index (χ0) is 21.2. The average molecular weight is 414 g/mol. The number of benzene rings is 2. The molecule has 3 aromatic rings. The van der Waals surface area contributed by atoms with Crippen LogP contribution in [0.5, 0.6) is 0 Å². The van der Waals surface area contributed by atoms with Gasteiger partial charge < -0.3 is 9.73 Å². The second-order valence-corrected chi connectivity index (χ2v) is 8.44. The summed E-state index contributed by atoms with van der Waals surface area (Å²) in [6.45, 7) is 5.95. The van der Waals surface area contributed by atoms with Crippen LogP contribution in [0.2, 0.25) is 0 Å². The number of carbonyl (C=O) groups excluding carboxylic acids is 1. The Labute approximate surface area is 169 Å². The highest BCUT2D eigenvalue weighted by molar-refractivity contribution is 7.89. The number of rotatable bonds is 6. The Balaban J connectivity index is 1.92. The van der Waals surface area contributed by atoms with Crippen LogP contribution in [0.1, 0.15) is 29.8 Å². The van der Waals surface area contributed by atoms with Crippen LogP contribution in [0.15, 0.2) is 62.6 Å². The number of hydrogen-bond acceptors (Lipinski definition) is 5. The molecule has 152 valence electrons. The van der Waals surface area contributed by atoms with E-state index in [0.29, 0.717) is 35.3 Å². The SMILES string of the molecule is CCN(CC)S(=O)(=O)c1cc(C(=O)Nc2ccc3oc(=O)ccc3c2)ccc1C. The summed E-state index contributed by atoms with van der Waals surface area (Å²) in [7, 11) is -3.68. The summed E-state index contributed by atoms with van der Waals surface area (Å²) >= 11 is 0. The summed E-state index contributed by atoms with van der Waals surface area (Å²) < 4.78 is 32.2. The van der Waals surface area contributed by atoms with Gasteiger partial charge in [-0.05, 0) is 48.9 Å². The van der Waals surface area contributed by atoms with Crippen molar-refractivity contribution in [3.05, 3.63) is 70.1 Å². The van der Waals surface area contributed by atoms with Crippen molar-refractivity contribution in [2.45, 2.75) is 25.7 Å². The van der Waals surface area contributed by atoms with Crippen molar-refractivity contribution >= 4 is 32.6 Å². The van der Waals surface area contributed by atoms with Gasteiger partial charge in [0.15, 0.2) is 0 Å². The number of hydrogen-bond donors (Lipinski definition) is 1. The lowest BCUT2D eigenvalue weighted by molar-refractivity contribution is 0.102. The van der Waals surface area contributed by atoms with E-state index in [1.54, 1.807) is 57.2 Å². The number of fused-ring (bicyclic) bond motifs is 1. The standard InChI is InChI=1S/C21H22N2O5S/c1-4-23(5-2)29(26,27)19-13-16(7-6-14(19)3)21(25)22-17-9-10-18-15(12-17)8-11-20(24)28-18/h6-13H,4-5H2,1-3H3,(H,22,25). The first-order chi connectivity index (χ1) is 13.8. The van der Waals surface area contributed by atoms with Crippen LogP contribution in [-0.4, -0.2) is 31.7 Å². The molecule has 29 heavy (non-hydrogen) atoms. The lowest BCUT2D eigenvalue weighted by Crippen LogP contribution is -2.31. The van der Waals surface area contributed by atoms with E-state index in [1.165, 1.54) is 16.4 Å². The largest absolute Gasteiger partial charge is 0.423 e. The minimum atomic E-state index is -3.68. The summed E-state index contributed by atoms with van der Waals surface area (Å²) in [5, 5.41) is 3.42. The van der Waals surface area contributed by atoms with E-state index in [2.05, 4.69) is 5.32 Å². The normalized spacial score (nSPS) is 11.7. The van der Waals surface area contributed by atoms with Gasteiger partial charge in [0.05, 0.1) is 4.90 Å². The molecule has 0 spiro atoms. The molecule has 0 saturated carbocycles. The summed E-state index contributed by atoms with van der Waals surface area (Å²) in [4.78, 5) is 24.1. The predicted octanol–water partition coefficient (Wildman–Crippen LogP) is 3.38. The molecule has 1 N–H and O–H groups in total. The highest BCUT2D eigenvalue weighted by Crippen LogP contribution is 2.23. The molecule has 0 aliphatic rings. The molecule has 8 heteroatoms. The maximum Gasteiger partial charge on any atom is 0.336 e. The van der Waals surface area contributed by atoms with Crippen LogP contribution in [0.4, 0.5) is 5.69 Å². The molecule has 0 atom stereocenters. The van der Waals surface area contributed by atoms with Crippen molar-refractivity contribution in [1.82, 2.24) is 4.31 Å². The predicted molar refractivity (Wildman–Crippen MR) is 112 cm³/mol. The van der Waals surface area contributed by atoms with E-state index in [9.17, 15) is 18.0 Å². The summed E-state index contributed by atoms with van der Waals surface area (Å²) in [6, 6.07) is 12.4. The molecule has 7 nitrogen and oxygen atoms in total. The number of nitrogens with one attached hydrogen (secondary N) is 1. The number of anilines is 1. The quantitative estimate of drug-likeness (QED) is 0.624. The van der Waals surface area contributed by atoms with Gasteiger partial charge in [0, 0.05) is 35.8 Å². The van der Waals surface area contributed by atoms with Crippen molar-refractivity contribution in [3.8, 4) is 0 Å². The maximum atomic E-state index is 12.9. The van der Waals surface area contributed by atoms with E-state index < -0.39 is 21.6 Å². The van der Waals surface area contributed by atoms with E-state index in [-0.39, 0.29) is 10.5 Å². The average Bonchev–Trinajstić information content (AvgIpc) is 2.69. The Morgan fingerprint density at radius 2 is 1.76 bits per heavy atom. The Kier molecular flexibility index (Phi) is 5.86. The Hall–Kier alpha value is -2.97. The second kappa shape index (κ2) is 8.18. The fourth-order valence-corrected chi connectivity index (χ4v) is 4.78. The smallest absolute Gasteiger partial charge is 0.336 e. The van der Waals surface area contributed by atoms with Crippen molar-refractivity contribution in [2.75, 3.05) is 18.4 Å². The number of aryl methyl sites for hydroxylation is 1. The van der Waals surface area contributed by atoms with Gasteiger partial charge in [-0.3, -0.25) is 4.79 Å².